The molecule has 0 atom stereocenters. The number of hydrogen-bond donors (Lipinski definition) is 3. The van der Waals surface area contributed by atoms with E-state index in [1.54, 1.807) is 23.1 Å². The number of aromatic nitrogens is 4. The molecule has 0 radical (unpaired) electrons. The average Bonchev–Trinajstić information content (AvgIpc) is 3.42. The molecule has 1 saturated heterocycles. The molecule has 3 N–H and O–H groups in total. The van der Waals surface area contributed by atoms with Gasteiger partial charge in [0.25, 0.3) is 5.91 Å². The molecule has 0 aliphatic carbocycles. The Morgan fingerprint density at radius 3 is 2.68 bits per heavy atom. The van der Waals surface area contributed by atoms with Crippen molar-refractivity contribution in [2.24, 2.45) is 0 Å². The summed E-state index contributed by atoms with van der Waals surface area (Å²) in [7, 11) is 1.81. The number of imidazole rings is 1. The van der Waals surface area contributed by atoms with Crippen LogP contribution in [0.1, 0.15) is 10.4 Å². The summed E-state index contributed by atoms with van der Waals surface area (Å²) < 4.78 is 0. The van der Waals surface area contributed by atoms with Gasteiger partial charge in [-0.15, -0.1) is 0 Å². The molecule has 0 saturated carbocycles. The lowest BCUT2D eigenvalue weighted by molar-refractivity contribution is -0.129. The molecular weight excluding hydrogens is 394 g/mol. The van der Waals surface area contributed by atoms with Crippen LogP contribution in [0.3, 0.4) is 0 Å². The number of hydrogen-bond acceptors (Lipinski definition) is 5. The number of benzene rings is 2. The van der Waals surface area contributed by atoms with E-state index in [0.29, 0.717) is 36.0 Å². The fourth-order valence-electron chi connectivity index (χ4n) is 3.58. The van der Waals surface area contributed by atoms with Crippen molar-refractivity contribution in [3.8, 4) is 11.5 Å². The fraction of sp³-hybridized carbons (Fsp3) is 0.182. The van der Waals surface area contributed by atoms with Crippen LogP contribution in [-0.2, 0) is 4.79 Å². The van der Waals surface area contributed by atoms with E-state index in [4.69, 9.17) is 0 Å². The molecule has 4 aromatic rings. The molecule has 1 fully saturated rings. The number of nitrogens with one attached hydrogen (secondary N) is 3. The second-order valence-corrected chi connectivity index (χ2v) is 7.51. The number of amides is 2. The number of para-hydroxylation sites is 2. The zero-order chi connectivity index (χ0) is 21.4. The highest BCUT2D eigenvalue weighted by molar-refractivity contribution is 6.04. The molecule has 9 heteroatoms. The minimum absolute atomic E-state index is 0.0897. The number of rotatable bonds is 4. The summed E-state index contributed by atoms with van der Waals surface area (Å²) in [6.07, 6.45) is 0. The van der Waals surface area contributed by atoms with Crippen molar-refractivity contribution < 1.29 is 9.59 Å². The van der Waals surface area contributed by atoms with Gasteiger partial charge in [0.2, 0.25) is 5.91 Å². The quantitative estimate of drug-likeness (QED) is 0.474. The first kappa shape index (κ1) is 18.9. The topological polar surface area (TPSA) is 110 Å². The molecule has 9 nitrogen and oxygen atoms in total. The Kier molecular flexibility index (Phi) is 4.62. The van der Waals surface area contributed by atoms with Crippen LogP contribution < -0.4 is 10.2 Å². The van der Waals surface area contributed by atoms with Crippen LogP contribution in [0.5, 0.6) is 0 Å². The zero-order valence-corrected chi connectivity index (χ0v) is 16.9. The fourth-order valence-corrected chi connectivity index (χ4v) is 3.58. The summed E-state index contributed by atoms with van der Waals surface area (Å²) in [5, 5.41) is 9.86. The molecule has 1 aliphatic rings. The van der Waals surface area contributed by atoms with E-state index in [1.165, 1.54) is 0 Å². The minimum Gasteiger partial charge on any atom is -0.360 e. The standard InChI is InChI=1S/C22H21N7O2/c1-28-10-11-29(13-20(28)30)15-8-6-14(7-9-15)22(31)25-19-12-18(26-27-19)21-23-16-4-2-3-5-17(16)24-21/h2-9,12H,10-11,13H2,1H3,(H,23,24)(H2,25,26,27,31). The second-order valence-electron chi connectivity index (χ2n) is 7.51. The SMILES string of the molecule is CN1CCN(c2ccc(C(=O)Nc3cc(-c4nc5ccccc5[nH]4)[nH]n3)cc2)CC1=O. The second kappa shape index (κ2) is 7.60. The van der Waals surface area contributed by atoms with Crippen molar-refractivity contribution in [2.45, 2.75) is 0 Å². The minimum atomic E-state index is -0.261. The molecule has 0 spiro atoms. The first-order valence-electron chi connectivity index (χ1n) is 9.98. The molecule has 5 rings (SSSR count). The van der Waals surface area contributed by atoms with Gasteiger partial charge in [0.05, 0.1) is 17.6 Å². The lowest BCUT2D eigenvalue weighted by Gasteiger charge is -2.33. The maximum atomic E-state index is 12.6. The van der Waals surface area contributed by atoms with Gasteiger partial charge in [-0.3, -0.25) is 14.7 Å². The molecule has 0 unspecified atom stereocenters. The van der Waals surface area contributed by atoms with Crippen LogP contribution in [0.15, 0.2) is 54.6 Å². The summed E-state index contributed by atoms with van der Waals surface area (Å²) >= 11 is 0. The Labute approximate surface area is 178 Å². The predicted molar refractivity (Wildman–Crippen MR) is 118 cm³/mol. The number of carbonyl (C=O) groups excluding carboxylic acids is 2. The largest absolute Gasteiger partial charge is 0.360 e. The van der Waals surface area contributed by atoms with Gasteiger partial charge >= 0.3 is 0 Å². The third-order valence-corrected chi connectivity index (χ3v) is 5.42. The Morgan fingerprint density at radius 1 is 1.10 bits per heavy atom. The van der Waals surface area contributed by atoms with Crippen molar-refractivity contribution >= 4 is 34.4 Å². The van der Waals surface area contributed by atoms with Gasteiger partial charge in [-0.25, -0.2) is 4.98 Å². The summed E-state index contributed by atoms with van der Waals surface area (Å²) in [6, 6.07) is 16.7. The molecule has 31 heavy (non-hydrogen) atoms. The van der Waals surface area contributed by atoms with E-state index in [2.05, 4.69) is 25.5 Å². The van der Waals surface area contributed by atoms with Crippen LogP contribution in [-0.4, -0.2) is 63.6 Å². The number of likely N-dealkylation sites (N-methyl/N-ethyl adjacent to an activating group) is 1. The summed E-state index contributed by atoms with van der Waals surface area (Å²) in [5.41, 5.74) is 3.91. The average molecular weight is 415 g/mol. The zero-order valence-electron chi connectivity index (χ0n) is 16.9. The van der Waals surface area contributed by atoms with Gasteiger partial charge in [-0.1, -0.05) is 12.1 Å². The lowest BCUT2D eigenvalue weighted by Crippen LogP contribution is -2.48. The van der Waals surface area contributed by atoms with Crippen LogP contribution in [0.25, 0.3) is 22.6 Å². The van der Waals surface area contributed by atoms with Gasteiger partial charge in [0.1, 0.15) is 5.69 Å². The smallest absolute Gasteiger partial charge is 0.256 e. The van der Waals surface area contributed by atoms with Crippen molar-refractivity contribution in [1.29, 1.82) is 0 Å². The van der Waals surface area contributed by atoms with Crippen LogP contribution in [0, 0.1) is 0 Å². The number of piperazine rings is 1. The maximum absolute atomic E-state index is 12.6. The number of carbonyl (C=O) groups is 2. The Morgan fingerprint density at radius 2 is 1.90 bits per heavy atom. The molecule has 3 heterocycles. The lowest BCUT2D eigenvalue weighted by atomic mass is 10.1. The third kappa shape index (κ3) is 3.73. The van der Waals surface area contributed by atoms with Gasteiger partial charge in [-0.2, -0.15) is 5.10 Å². The number of aromatic amines is 2. The van der Waals surface area contributed by atoms with Crippen LogP contribution in [0.2, 0.25) is 0 Å². The van der Waals surface area contributed by atoms with Gasteiger partial charge in [-0.05, 0) is 36.4 Å². The summed E-state index contributed by atoms with van der Waals surface area (Å²) in [5.74, 6) is 0.894. The molecule has 156 valence electrons. The summed E-state index contributed by atoms with van der Waals surface area (Å²) in [4.78, 5) is 36.0. The number of anilines is 2. The highest BCUT2D eigenvalue weighted by Gasteiger charge is 2.21. The van der Waals surface area contributed by atoms with Gasteiger partial charge in [0.15, 0.2) is 11.6 Å². The third-order valence-electron chi connectivity index (χ3n) is 5.42. The van der Waals surface area contributed by atoms with Crippen molar-refractivity contribution in [2.75, 3.05) is 36.9 Å². The van der Waals surface area contributed by atoms with Gasteiger partial charge in [0, 0.05) is 37.5 Å². The molecular formula is C22H21N7O2. The number of nitrogens with zero attached hydrogens (tertiary/aromatic N) is 4. The van der Waals surface area contributed by atoms with E-state index in [9.17, 15) is 9.59 Å². The monoisotopic (exact) mass is 415 g/mol. The van der Waals surface area contributed by atoms with E-state index < -0.39 is 0 Å². The van der Waals surface area contributed by atoms with E-state index in [0.717, 1.165) is 23.3 Å². The van der Waals surface area contributed by atoms with E-state index in [1.807, 2.05) is 48.3 Å². The Bertz CT molecular complexity index is 1230. The molecule has 1 aliphatic heterocycles. The number of H-pyrrole nitrogens is 2. The summed E-state index contributed by atoms with van der Waals surface area (Å²) in [6.45, 7) is 1.80. The maximum Gasteiger partial charge on any atom is 0.256 e. The van der Waals surface area contributed by atoms with Crippen molar-refractivity contribution in [3.63, 3.8) is 0 Å². The molecule has 2 amide bonds. The predicted octanol–water partition coefficient (Wildman–Crippen LogP) is 2.48. The van der Waals surface area contributed by atoms with Crippen LogP contribution in [0.4, 0.5) is 11.5 Å². The van der Waals surface area contributed by atoms with E-state index in [-0.39, 0.29) is 11.8 Å². The Balaban J connectivity index is 1.27. The van der Waals surface area contributed by atoms with Gasteiger partial charge < -0.3 is 20.1 Å². The molecule has 2 aromatic heterocycles. The Hall–Kier alpha value is -4.14. The first-order valence-corrected chi connectivity index (χ1v) is 9.98. The van der Waals surface area contributed by atoms with Crippen molar-refractivity contribution in [3.05, 3.63) is 60.2 Å². The normalized spacial score (nSPS) is 14.3. The molecule has 2 aromatic carbocycles. The van der Waals surface area contributed by atoms with Crippen LogP contribution >= 0.6 is 0 Å². The first-order chi connectivity index (χ1) is 15.1. The highest BCUT2D eigenvalue weighted by atomic mass is 16.2. The number of fused-ring (bicyclic) bond motifs is 1. The molecule has 0 bridgehead atoms. The van der Waals surface area contributed by atoms with Crippen molar-refractivity contribution in [1.82, 2.24) is 25.1 Å². The highest BCUT2D eigenvalue weighted by Crippen LogP contribution is 2.22. The van der Waals surface area contributed by atoms with E-state index >= 15 is 0 Å².